The summed E-state index contributed by atoms with van der Waals surface area (Å²) in [4.78, 5) is -0.204. The normalized spacial score (nSPS) is 17.4. The van der Waals surface area contributed by atoms with Gasteiger partial charge >= 0.3 is 0 Å². The molecule has 1 saturated heterocycles. The molecule has 1 fully saturated rings. The zero-order chi connectivity index (χ0) is 13.9. The van der Waals surface area contributed by atoms with Gasteiger partial charge in [-0.05, 0) is 48.5 Å². The molecule has 0 spiro atoms. The molecule has 0 atom stereocenters. The van der Waals surface area contributed by atoms with E-state index in [0.717, 1.165) is 30.4 Å². The summed E-state index contributed by atoms with van der Waals surface area (Å²) in [5, 5.41) is 7.99. The second-order valence-electron chi connectivity index (χ2n) is 4.62. The van der Waals surface area contributed by atoms with Gasteiger partial charge in [-0.15, -0.1) is 0 Å². The average Bonchev–Trinajstić information content (AvgIpc) is 2.37. The molecule has 0 aliphatic carbocycles. The van der Waals surface area contributed by atoms with Crippen molar-refractivity contribution in [2.45, 2.75) is 17.7 Å². The van der Waals surface area contributed by atoms with Gasteiger partial charge in [0.25, 0.3) is 0 Å². The maximum atomic E-state index is 13.7. The number of benzene rings is 1. The Morgan fingerprint density at radius 2 is 2.05 bits per heavy atom. The van der Waals surface area contributed by atoms with Gasteiger partial charge in [-0.2, -0.15) is 11.8 Å². The number of primary sulfonamides is 1. The van der Waals surface area contributed by atoms with Crippen LogP contribution in [-0.2, 0) is 10.0 Å². The fourth-order valence-corrected chi connectivity index (χ4v) is 3.75. The van der Waals surface area contributed by atoms with Crippen molar-refractivity contribution in [1.29, 1.82) is 0 Å². The molecule has 1 aromatic rings. The number of thioether (sulfide) groups is 1. The minimum absolute atomic E-state index is 0.204. The Kier molecular flexibility index (Phi) is 4.70. The summed E-state index contributed by atoms with van der Waals surface area (Å²) in [6.45, 7) is 0.714. The quantitative estimate of drug-likeness (QED) is 0.893. The topological polar surface area (TPSA) is 72.2 Å². The Morgan fingerprint density at radius 3 is 2.63 bits per heavy atom. The molecule has 3 N–H and O–H groups in total. The summed E-state index contributed by atoms with van der Waals surface area (Å²) in [6, 6.07) is 3.69. The number of sulfonamides is 1. The van der Waals surface area contributed by atoms with E-state index in [-0.39, 0.29) is 4.90 Å². The fourth-order valence-electron chi connectivity index (χ4n) is 2.02. The van der Waals surface area contributed by atoms with Crippen molar-refractivity contribution in [3.05, 3.63) is 24.0 Å². The number of rotatable bonds is 4. The molecule has 1 heterocycles. The first-order valence-corrected chi connectivity index (χ1v) is 8.81. The van der Waals surface area contributed by atoms with Crippen molar-refractivity contribution in [1.82, 2.24) is 0 Å². The molecule has 1 aromatic carbocycles. The molecule has 1 aliphatic rings. The number of anilines is 1. The molecule has 0 saturated carbocycles. The van der Waals surface area contributed by atoms with Gasteiger partial charge in [0.2, 0.25) is 10.0 Å². The summed E-state index contributed by atoms with van der Waals surface area (Å²) >= 11 is 1.95. The zero-order valence-corrected chi connectivity index (χ0v) is 12.1. The van der Waals surface area contributed by atoms with Crippen LogP contribution in [0.1, 0.15) is 12.8 Å². The van der Waals surface area contributed by atoms with Crippen molar-refractivity contribution in [3.63, 3.8) is 0 Å². The smallest absolute Gasteiger partial charge is 0.238 e. The van der Waals surface area contributed by atoms with Gasteiger partial charge in [0.15, 0.2) is 0 Å². The first-order chi connectivity index (χ1) is 8.97. The molecule has 7 heteroatoms. The molecular weight excluding hydrogens is 287 g/mol. The first-order valence-electron chi connectivity index (χ1n) is 6.11. The predicted molar refractivity (Wildman–Crippen MR) is 76.3 cm³/mol. The second kappa shape index (κ2) is 6.11. The Balaban J connectivity index is 2.01. The fraction of sp³-hybridized carbons (Fsp3) is 0.500. The molecule has 0 unspecified atom stereocenters. The van der Waals surface area contributed by atoms with Crippen LogP contribution >= 0.6 is 11.8 Å². The van der Waals surface area contributed by atoms with E-state index >= 15 is 0 Å². The molecule has 0 aromatic heterocycles. The van der Waals surface area contributed by atoms with E-state index in [4.69, 9.17) is 5.14 Å². The van der Waals surface area contributed by atoms with Crippen molar-refractivity contribution in [2.24, 2.45) is 11.1 Å². The van der Waals surface area contributed by atoms with Crippen molar-refractivity contribution in [2.75, 3.05) is 23.4 Å². The van der Waals surface area contributed by atoms with E-state index in [2.05, 4.69) is 5.32 Å². The van der Waals surface area contributed by atoms with Crippen LogP contribution in [-0.4, -0.2) is 26.5 Å². The Morgan fingerprint density at radius 1 is 1.37 bits per heavy atom. The standard InChI is InChI=1S/C12H17FN2O2S2/c13-11-7-10(19(14,16)17)1-2-12(11)15-8-9-3-5-18-6-4-9/h1-2,7,9,15H,3-6,8H2,(H2,14,16,17). The highest BCUT2D eigenvalue weighted by Gasteiger charge is 2.15. The summed E-state index contributed by atoms with van der Waals surface area (Å²) in [5.74, 6) is 2.27. The molecule has 106 valence electrons. The lowest BCUT2D eigenvalue weighted by Crippen LogP contribution is -2.19. The van der Waals surface area contributed by atoms with Crippen molar-refractivity contribution >= 4 is 27.5 Å². The van der Waals surface area contributed by atoms with Gasteiger partial charge < -0.3 is 5.32 Å². The predicted octanol–water partition coefficient (Wildman–Crippen LogP) is 2.03. The lowest BCUT2D eigenvalue weighted by molar-refractivity contribution is 0.514. The van der Waals surface area contributed by atoms with Gasteiger partial charge in [-0.25, -0.2) is 17.9 Å². The minimum Gasteiger partial charge on any atom is -0.382 e. The van der Waals surface area contributed by atoms with Crippen LogP contribution in [0.5, 0.6) is 0 Å². The zero-order valence-electron chi connectivity index (χ0n) is 10.4. The van der Waals surface area contributed by atoms with Crippen LogP contribution in [0, 0.1) is 11.7 Å². The first kappa shape index (κ1) is 14.6. The molecule has 0 radical (unpaired) electrons. The molecule has 19 heavy (non-hydrogen) atoms. The number of nitrogens with two attached hydrogens (primary N) is 1. The molecule has 0 bridgehead atoms. The van der Waals surface area contributed by atoms with Crippen LogP contribution in [0.4, 0.5) is 10.1 Å². The Hall–Kier alpha value is -0.790. The Labute approximate surface area is 117 Å². The molecular formula is C12H17FN2O2S2. The third kappa shape index (κ3) is 4.09. The minimum atomic E-state index is -3.85. The number of nitrogens with one attached hydrogen (secondary N) is 1. The molecule has 1 aliphatic heterocycles. The van der Waals surface area contributed by atoms with E-state index in [0.29, 0.717) is 18.2 Å². The van der Waals surface area contributed by atoms with Gasteiger partial charge in [-0.3, -0.25) is 0 Å². The maximum absolute atomic E-state index is 13.7. The van der Waals surface area contributed by atoms with Crippen LogP contribution in [0.25, 0.3) is 0 Å². The molecule has 4 nitrogen and oxygen atoms in total. The largest absolute Gasteiger partial charge is 0.382 e. The Bertz CT molecular complexity index is 543. The summed E-state index contributed by atoms with van der Waals surface area (Å²) in [6.07, 6.45) is 2.27. The van der Waals surface area contributed by atoms with Gasteiger partial charge in [0.1, 0.15) is 5.82 Å². The van der Waals surface area contributed by atoms with E-state index in [9.17, 15) is 12.8 Å². The third-order valence-corrected chi connectivity index (χ3v) is 5.15. The highest BCUT2D eigenvalue weighted by Crippen LogP contribution is 2.24. The number of hydrogen-bond donors (Lipinski definition) is 2. The monoisotopic (exact) mass is 304 g/mol. The summed E-state index contributed by atoms with van der Waals surface area (Å²) in [5.41, 5.74) is 0.325. The number of halogens is 1. The highest BCUT2D eigenvalue weighted by atomic mass is 32.2. The van der Waals surface area contributed by atoms with E-state index in [1.54, 1.807) is 0 Å². The van der Waals surface area contributed by atoms with Gasteiger partial charge in [0.05, 0.1) is 10.6 Å². The maximum Gasteiger partial charge on any atom is 0.238 e. The van der Waals surface area contributed by atoms with E-state index < -0.39 is 15.8 Å². The second-order valence-corrected chi connectivity index (χ2v) is 7.41. The molecule has 2 rings (SSSR count). The van der Waals surface area contributed by atoms with Crippen LogP contribution in [0.2, 0.25) is 0 Å². The summed E-state index contributed by atoms with van der Waals surface area (Å²) < 4.78 is 35.9. The number of hydrogen-bond acceptors (Lipinski definition) is 4. The third-order valence-electron chi connectivity index (χ3n) is 3.19. The van der Waals surface area contributed by atoms with Crippen molar-refractivity contribution < 1.29 is 12.8 Å². The molecule has 0 amide bonds. The van der Waals surface area contributed by atoms with Gasteiger partial charge in [-0.1, -0.05) is 0 Å². The lowest BCUT2D eigenvalue weighted by Gasteiger charge is -2.22. The van der Waals surface area contributed by atoms with Crippen LogP contribution in [0.3, 0.4) is 0 Å². The van der Waals surface area contributed by atoms with Crippen LogP contribution in [0.15, 0.2) is 23.1 Å². The van der Waals surface area contributed by atoms with Crippen LogP contribution < -0.4 is 10.5 Å². The summed E-state index contributed by atoms with van der Waals surface area (Å²) in [7, 11) is -3.85. The highest BCUT2D eigenvalue weighted by molar-refractivity contribution is 7.99. The van der Waals surface area contributed by atoms with E-state index in [1.165, 1.54) is 12.1 Å². The SMILES string of the molecule is NS(=O)(=O)c1ccc(NCC2CCSCC2)c(F)c1. The van der Waals surface area contributed by atoms with Crippen molar-refractivity contribution in [3.8, 4) is 0 Å². The lowest BCUT2D eigenvalue weighted by atomic mass is 10.0. The van der Waals surface area contributed by atoms with Gasteiger partial charge in [0, 0.05) is 6.54 Å². The van der Waals surface area contributed by atoms with E-state index in [1.807, 2.05) is 11.8 Å². The average molecular weight is 304 g/mol.